The lowest BCUT2D eigenvalue weighted by Gasteiger charge is -2.20. The van der Waals surface area contributed by atoms with Gasteiger partial charge in [-0.2, -0.15) is 4.72 Å². The Bertz CT molecular complexity index is 1010. The van der Waals surface area contributed by atoms with Crippen LogP contribution in [0.15, 0.2) is 77.7 Å². The summed E-state index contributed by atoms with van der Waals surface area (Å²) in [5.74, 6) is 0.659. The second-order valence-corrected chi connectivity index (χ2v) is 8.22. The molecule has 0 aliphatic rings. The average molecular weight is 381 g/mol. The molecule has 3 aromatic rings. The molecule has 0 saturated heterocycles. The summed E-state index contributed by atoms with van der Waals surface area (Å²) >= 11 is 0. The van der Waals surface area contributed by atoms with E-state index in [2.05, 4.69) is 4.72 Å². The topological polar surface area (TPSA) is 55.4 Å². The number of benzene rings is 3. The van der Waals surface area contributed by atoms with Crippen molar-refractivity contribution in [1.82, 2.24) is 4.72 Å². The first kappa shape index (κ1) is 19.1. The lowest BCUT2D eigenvalue weighted by Crippen LogP contribution is -2.29. The van der Waals surface area contributed by atoms with E-state index in [9.17, 15) is 8.42 Å². The van der Waals surface area contributed by atoms with Gasteiger partial charge >= 0.3 is 0 Å². The number of aryl methyl sites for hydroxylation is 2. The lowest BCUT2D eigenvalue weighted by atomic mass is 9.99. The Morgan fingerprint density at radius 3 is 2.07 bits per heavy atom. The van der Waals surface area contributed by atoms with E-state index in [0.717, 1.165) is 22.3 Å². The monoisotopic (exact) mass is 381 g/mol. The SMILES string of the molecule is COc1ccc(S(=O)(=O)N[C@@H](c2ccccc2)c2ccc(C)cc2)cc1C. The fourth-order valence-electron chi connectivity index (χ4n) is 2.97. The molecule has 1 atom stereocenters. The zero-order valence-corrected chi connectivity index (χ0v) is 16.5. The minimum atomic E-state index is -3.72. The smallest absolute Gasteiger partial charge is 0.241 e. The highest BCUT2D eigenvalue weighted by Gasteiger charge is 2.23. The van der Waals surface area contributed by atoms with Gasteiger partial charge in [0.1, 0.15) is 5.75 Å². The predicted octanol–water partition coefficient (Wildman–Crippen LogP) is 4.38. The Hall–Kier alpha value is -2.63. The largest absolute Gasteiger partial charge is 0.496 e. The van der Waals surface area contributed by atoms with Gasteiger partial charge in [-0.25, -0.2) is 8.42 Å². The second-order valence-electron chi connectivity index (χ2n) is 6.51. The normalized spacial score (nSPS) is 12.6. The zero-order valence-electron chi connectivity index (χ0n) is 15.6. The van der Waals surface area contributed by atoms with Crippen LogP contribution >= 0.6 is 0 Å². The van der Waals surface area contributed by atoms with Gasteiger partial charge in [0.15, 0.2) is 0 Å². The Kier molecular flexibility index (Phi) is 5.63. The highest BCUT2D eigenvalue weighted by atomic mass is 32.2. The average Bonchev–Trinajstić information content (AvgIpc) is 2.67. The molecule has 0 unspecified atom stereocenters. The summed E-state index contributed by atoms with van der Waals surface area (Å²) in [5, 5.41) is 0. The molecule has 4 nitrogen and oxygen atoms in total. The highest BCUT2D eigenvalue weighted by Crippen LogP contribution is 2.27. The zero-order chi connectivity index (χ0) is 19.4. The third kappa shape index (κ3) is 4.38. The molecule has 0 radical (unpaired) electrons. The fourth-order valence-corrected chi connectivity index (χ4v) is 4.27. The maximum atomic E-state index is 13.1. The van der Waals surface area contributed by atoms with Gasteiger partial charge in [0, 0.05) is 0 Å². The summed E-state index contributed by atoms with van der Waals surface area (Å²) in [5.41, 5.74) is 3.67. The van der Waals surface area contributed by atoms with Gasteiger partial charge in [-0.1, -0.05) is 60.2 Å². The molecule has 0 bridgehead atoms. The van der Waals surface area contributed by atoms with E-state index < -0.39 is 16.1 Å². The van der Waals surface area contributed by atoms with E-state index in [4.69, 9.17) is 4.74 Å². The number of hydrogen-bond acceptors (Lipinski definition) is 3. The van der Waals surface area contributed by atoms with Crippen LogP contribution in [0.2, 0.25) is 0 Å². The van der Waals surface area contributed by atoms with Crippen molar-refractivity contribution in [3.8, 4) is 5.75 Å². The molecule has 0 spiro atoms. The van der Waals surface area contributed by atoms with E-state index in [1.807, 2.05) is 68.4 Å². The summed E-state index contributed by atoms with van der Waals surface area (Å²) in [6.07, 6.45) is 0. The number of ether oxygens (including phenoxy) is 1. The first-order chi connectivity index (χ1) is 12.9. The Morgan fingerprint density at radius 1 is 0.852 bits per heavy atom. The molecule has 0 aliphatic heterocycles. The van der Waals surface area contributed by atoms with E-state index in [1.165, 1.54) is 0 Å². The van der Waals surface area contributed by atoms with Crippen LogP contribution in [0.4, 0.5) is 0 Å². The molecule has 3 rings (SSSR count). The third-order valence-electron chi connectivity index (χ3n) is 4.49. The number of rotatable bonds is 6. The maximum Gasteiger partial charge on any atom is 0.241 e. The van der Waals surface area contributed by atoms with Gasteiger partial charge in [0.25, 0.3) is 0 Å². The molecule has 0 heterocycles. The van der Waals surface area contributed by atoms with Gasteiger partial charge in [0.2, 0.25) is 10.0 Å². The first-order valence-corrected chi connectivity index (χ1v) is 10.2. The Balaban J connectivity index is 2.00. The first-order valence-electron chi connectivity index (χ1n) is 8.69. The van der Waals surface area contributed by atoms with Crippen LogP contribution in [0.1, 0.15) is 28.3 Å². The van der Waals surface area contributed by atoms with Crippen LogP contribution in [0, 0.1) is 13.8 Å². The molecule has 0 saturated carbocycles. The summed E-state index contributed by atoms with van der Waals surface area (Å²) in [7, 11) is -2.15. The summed E-state index contributed by atoms with van der Waals surface area (Å²) in [4.78, 5) is 0.217. The van der Waals surface area contributed by atoms with Crippen LogP contribution in [0.25, 0.3) is 0 Å². The fraction of sp³-hybridized carbons (Fsp3) is 0.182. The molecule has 0 fully saturated rings. The van der Waals surface area contributed by atoms with Crippen LogP contribution in [-0.4, -0.2) is 15.5 Å². The minimum absolute atomic E-state index is 0.217. The molecule has 5 heteroatoms. The van der Waals surface area contributed by atoms with Gasteiger partial charge in [-0.05, 0) is 48.7 Å². The third-order valence-corrected chi connectivity index (χ3v) is 5.91. The quantitative estimate of drug-likeness (QED) is 0.689. The van der Waals surface area contributed by atoms with E-state index >= 15 is 0 Å². The molecule has 1 N–H and O–H groups in total. The standard InChI is InChI=1S/C22H23NO3S/c1-16-9-11-19(12-10-16)22(18-7-5-4-6-8-18)23-27(24,25)20-13-14-21(26-3)17(2)15-20/h4-15,22-23H,1-3H3/t22-/m0/s1. The molecule has 0 aromatic heterocycles. The predicted molar refractivity (Wildman–Crippen MR) is 108 cm³/mol. The highest BCUT2D eigenvalue weighted by molar-refractivity contribution is 7.89. The van der Waals surface area contributed by atoms with Gasteiger partial charge < -0.3 is 4.74 Å². The van der Waals surface area contributed by atoms with Crippen molar-refractivity contribution < 1.29 is 13.2 Å². The molecule has 0 amide bonds. The van der Waals surface area contributed by atoms with Crippen molar-refractivity contribution in [2.75, 3.05) is 7.11 Å². The van der Waals surface area contributed by atoms with Gasteiger partial charge in [0.05, 0.1) is 18.0 Å². The van der Waals surface area contributed by atoms with E-state index in [1.54, 1.807) is 25.3 Å². The van der Waals surface area contributed by atoms with Crippen molar-refractivity contribution in [2.24, 2.45) is 0 Å². The lowest BCUT2D eigenvalue weighted by molar-refractivity contribution is 0.411. The number of sulfonamides is 1. The van der Waals surface area contributed by atoms with Crippen LogP contribution in [0.5, 0.6) is 5.75 Å². The Morgan fingerprint density at radius 2 is 1.48 bits per heavy atom. The summed E-state index contributed by atoms with van der Waals surface area (Å²) < 4.78 is 34.2. The molecule has 27 heavy (non-hydrogen) atoms. The number of nitrogens with one attached hydrogen (secondary N) is 1. The van der Waals surface area contributed by atoms with Crippen molar-refractivity contribution in [3.63, 3.8) is 0 Å². The summed E-state index contributed by atoms with van der Waals surface area (Å²) in [6.45, 7) is 3.83. The number of methoxy groups -OCH3 is 1. The second kappa shape index (κ2) is 7.94. The van der Waals surface area contributed by atoms with Crippen LogP contribution in [-0.2, 0) is 10.0 Å². The van der Waals surface area contributed by atoms with Crippen molar-refractivity contribution >= 4 is 10.0 Å². The molecule has 0 aliphatic carbocycles. The van der Waals surface area contributed by atoms with Crippen molar-refractivity contribution in [3.05, 3.63) is 95.1 Å². The van der Waals surface area contributed by atoms with Gasteiger partial charge in [-0.3, -0.25) is 0 Å². The van der Waals surface area contributed by atoms with Crippen LogP contribution < -0.4 is 9.46 Å². The summed E-state index contributed by atoms with van der Waals surface area (Å²) in [6, 6.07) is 21.8. The number of hydrogen-bond donors (Lipinski definition) is 1. The maximum absolute atomic E-state index is 13.1. The molecular formula is C22H23NO3S. The van der Waals surface area contributed by atoms with E-state index in [0.29, 0.717) is 5.75 Å². The minimum Gasteiger partial charge on any atom is -0.496 e. The van der Waals surface area contributed by atoms with Crippen molar-refractivity contribution in [1.29, 1.82) is 0 Å². The van der Waals surface area contributed by atoms with Crippen molar-refractivity contribution in [2.45, 2.75) is 24.8 Å². The van der Waals surface area contributed by atoms with Gasteiger partial charge in [-0.15, -0.1) is 0 Å². The molecule has 3 aromatic carbocycles. The molecular weight excluding hydrogens is 358 g/mol. The van der Waals surface area contributed by atoms with Crippen LogP contribution in [0.3, 0.4) is 0 Å². The molecule has 140 valence electrons. The van der Waals surface area contributed by atoms with E-state index in [-0.39, 0.29) is 4.90 Å². The Labute approximate surface area is 160 Å².